The average Bonchev–Trinajstić information content (AvgIpc) is 2.16. The van der Waals surface area contributed by atoms with Crippen molar-refractivity contribution in [2.75, 3.05) is 24.2 Å². The molecule has 0 heterocycles. The van der Waals surface area contributed by atoms with Gasteiger partial charge in [0, 0.05) is 18.8 Å². The summed E-state index contributed by atoms with van der Waals surface area (Å²) in [5.41, 5.74) is 7.05. The zero-order valence-electron chi connectivity index (χ0n) is 8.13. The van der Waals surface area contributed by atoms with Crippen molar-refractivity contribution < 1.29 is 5.11 Å². The molecule has 1 aromatic rings. The zero-order valence-corrected chi connectivity index (χ0v) is 8.88. The van der Waals surface area contributed by atoms with Crippen molar-refractivity contribution in [2.45, 2.75) is 6.92 Å². The predicted octanol–water partition coefficient (Wildman–Crippen LogP) is 1.96. The summed E-state index contributed by atoms with van der Waals surface area (Å²) in [5, 5.41) is 12.6. The standard InChI is InChI=1S/C10H15ClN2O/c1-7(6-14)5-13-10-3-2-8(12)4-9(10)11/h2-4,7,13-14H,5-6,12H2,1H3. The Kier molecular flexibility index (Phi) is 4.04. The van der Waals surface area contributed by atoms with Crippen molar-refractivity contribution in [1.29, 1.82) is 0 Å². The van der Waals surface area contributed by atoms with Crippen LogP contribution in [-0.4, -0.2) is 18.3 Å². The molecule has 1 rings (SSSR count). The molecular formula is C10H15ClN2O. The summed E-state index contributed by atoms with van der Waals surface area (Å²) in [7, 11) is 0. The number of aliphatic hydroxyl groups is 1. The van der Waals surface area contributed by atoms with Crippen LogP contribution in [0.5, 0.6) is 0 Å². The van der Waals surface area contributed by atoms with Crippen molar-refractivity contribution >= 4 is 23.0 Å². The highest BCUT2D eigenvalue weighted by Gasteiger charge is 2.02. The van der Waals surface area contributed by atoms with E-state index in [0.29, 0.717) is 17.3 Å². The van der Waals surface area contributed by atoms with E-state index in [0.717, 1.165) is 5.69 Å². The number of nitrogens with one attached hydrogen (secondary N) is 1. The third-order valence-electron chi connectivity index (χ3n) is 1.95. The number of benzene rings is 1. The maximum atomic E-state index is 8.83. The van der Waals surface area contributed by atoms with E-state index < -0.39 is 0 Å². The van der Waals surface area contributed by atoms with E-state index in [-0.39, 0.29) is 12.5 Å². The fraction of sp³-hybridized carbons (Fsp3) is 0.400. The van der Waals surface area contributed by atoms with Gasteiger partial charge in [-0.25, -0.2) is 0 Å². The second-order valence-electron chi connectivity index (χ2n) is 3.41. The van der Waals surface area contributed by atoms with Crippen molar-refractivity contribution in [3.05, 3.63) is 23.2 Å². The molecule has 0 radical (unpaired) electrons. The average molecular weight is 215 g/mol. The van der Waals surface area contributed by atoms with Gasteiger partial charge in [-0.3, -0.25) is 0 Å². The molecule has 0 aliphatic rings. The van der Waals surface area contributed by atoms with Gasteiger partial charge < -0.3 is 16.2 Å². The highest BCUT2D eigenvalue weighted by atomic mass is 35.5. The van der Waals surface area contributed by atoms with E-state index in [9.17, 15) is 0 Å². The number of halogens is 1. The van der Waals surface area contributed by atoms with Gasteiger partial charge in [0.15, 0.2) is 0 Å². The summed E-state index contributed by atoms with van der Waals surface area (Å²) in [5.74, 6) is 0.212. The summed E-state index contributed by atoms with van der Waals surface area (Å²) in [6.07, 6.45) is 0. The summed E-state index contributed by atoms with van der Waals surface area (Å²) in [6, 6.07) is 5.33. The van der Waals surface area contributed by atoms with Gasteiger partial charge in [-0.2, -0.15) is 0 Å². The lowest BCUT2D eigenvalue weighted by molar-refractivity contribution is 0.244. The molecule has 78 valence electrons. The maximum absolute atomic E-state index is 8.83. The Morgan fingerprint density at radius 2 is 2.29 bits per heavy atom. The predicted molar refractivity (Wildman–Crippen MR) is 60.6 cm³/mol. The van der Waals surface area contributed by atoms with Crippen LogP contribution in [0.1, 0.15) is 6.92 Å². The van der Waals surface area contributed by atoms with Crippen LogP contribution < -0.4 is 11.1 Å². The lowest BCUT2D eigenvalue weighted by atomic mass is 10.2. The molecule has 3 nitrogen and oxygen atoms in total. The quantitative estimate of drug-likeness (QED) is 0.672. The van der Waals surface area contributed by atoms with Crippen LogP contribution in [0.3, 0.4) is 0 Å². The van der Waals surface area contributed by atoms with Gasteiger partial charge >= 0.3 is 0 Å². The van der Waals surface area contributed by atoms with Gasteiger partial charge in [-0.15, -0.1) is 0 Å². The normalized spacial score (nSPS) is 12.5. The Hall–Kier alpha value is -0.930. The van der Waals surface area contributed by atoms with Gasteiger partial charge in [0.25, 0.3) is 0 Å². The molecule has 1 aromatic carbocycles. The number of aliphatic hydroxyl groups excluding tert-OH is 1. The Bertz CT molecular complexity index is 304. The highest BCUT2D eigenvalue weighted by Crippen LogP contribution is 2.23. The van der Waals surface area contributed by atoms with E-state index in [2.05, 4.69) is 5.32 Å². The Morgan fingerprint density at radius 1 is 1.57 bits per heavy atom. The molecular weight excluding hydrogens is 200 g/mol. The fourth-order valence-electron chi connectivity index (χ4n) is 1.02. The molecule has 4 heteroatoms. The van der Waals surface area contributed by atoms with Crippen LogP contribution in [0, 0.1) is 5.92 Å². The van der Waals surface area contributed by atoms with Crippen LogP contribution in [0.4, 0.5) is 11.4 Å². The van der Waals surface area contributed by atoms with Gasteiger partial charge in [0.1, 0.15) is 0 Å². The van der Waals surface area contributed by atoms with Gasteiger partial charge in [-0.05, 0) is 24.1 Å². The minimum absolute atomic E-state index is 0.166. The lowest BCUT2D eigenvalue weighted by Crippen LogP contribution is -2.14. The van der Waals surface area contributed by atoms with E-state index in [4.69, 9.17) is 22.4 Å². The van der Waals surface area contributed by atoms with Crippen LogP contribution in [0.2, 0.25) is 5.02 Å². The first-order valence-corrected chi connectivity index (χ1v) is 4.91. The Balaban J connectivity index is 2.59. The molecule has 0 aliphatic heterocycles. The zero-order chi connectivity index (χ0) is 10.6. The minimum atomic E-state index is 0.166. The fourth-order valence-corrected chi connectivity index (χ4v) is 1.28. The van der Waals surface area contributed by atoms with Crippen LogP contribution in [0.15, 0.2) is 18.2 Å². The molecule has 0 saturated heterocycles. The van der Waals surface area contributed by atoms with Gasteiger partial charge in [0.2, 0.25) is 0 Å². The summed E-state index contributed by atoms with van der Waals surface area (Å²) in [4.78, 5) is 0. The van der Waals surface area contributed by atoms with E-state index >= 15 is 0 Å². The maximum Gasteiger partial charge on any atom is 0.0657 e. The topological polar surface area (TPSA) is 58.3 Å². The number of nitrogens with two attached hydrogens (primary N) is 1. The number of nitrogen functional groups attached to an aromatic ring is 1. The van der Waals surface area contributed by atoms with Crippen molar-refractivity contribution in [1.82, 2.24) is 0 Å². The Morgan fingerprint density at radius 3 is 2.86 bits per heavy atom. The van der Waals surface area contributed by atoms with E-state index in [1.54, 1.807) is 12.1 Å². The number of hydrogen-bond acceptors (Lipinski definition) is 3. The molecule has 0 fully saturated rings. The number of hydrogen-bond donors (Lipinski definition) is 3. The first-order chi connectivity index (χ1) is 6.63. The highest BCUT2D eigenvalue weighted by molar-refractivity contribution is 6.33. The molecule has 1 atom stereocenters. The van der Waals surface area contributed by atoms with Crippen LogP contribution in [-0.2, 0) is 0 Å². The molecule has 0 aliphatic carbocycles. The van der Waals surface area contributed by atoms with Crippen molar-refractivity contribution in [3.8, 4) is 0 Å². The molecule has 0 spiro atoms. The molecule has 14 heavy (non-hydrogen) atoms. The SMILES string of the molecule is CC(CO)CNc1ccc(N)cc1Cl. The molecule has 0 bridgehead atoms. The molecule has 0 saturated carbocycles. The first kappa shape index (κ1) is 11.1. The summed E-state index contributed by atoms with van der Waals surface area (Å²) < 4.78 is 0. The third-order valence-corrected chi connectivity index (χ3v) is 2.26. The van der Waals surface area contributed by atoms with Gasteiger partial charge in [0.05, 0.1) is 10.7 Å². The van der Waals surface area contributed by atoms with E-state index in [1.807, 2.05) is 13.0 Å². The molecule has 4 N–H and O–H groups in total. The molecule has 0 aromatic heterocycles. The largest absolute Gasteiger partial charge is 0.399 e. The second kappa shape index (κ2) is 5.08. The monoisotopic (exact) mass is 214 g/mol. The van der Waals surface area contributed by atoms with Gasteiger partial charge in [-0.1, -0.05) is 18.5 Å². The second-order valence-corrected chi connectivity index (χ2v) is 3.82. The summed E-state index contributed by atoms with van der Waals surface area (Å²) in [6.45, 7) is 2.82. The van der Waals surface area contributed by atoms with Crippen LogP contribution >= 0.6 is 11.6 Å². The summed E-state index contributed by atoms with van der Waals surface area (Å²) >= 11 is 5.95. The first-order valence-electron chi connectivity index (χ1n) is 4.53. The Labute approximate surface area is 88.9 Å². The molecule has 0 amide bonds. The lowest BCUT2D eigenvalue weighted by Gasteiger charge is -2.12. The molecule has 1 unspecified atom stereocenters. The minimum Gasteiger partial charge on any atom is -0.399 e. The number of anilines is 2. The van der Waals surface area contributed by atoms with Crippen molar-refractivity contribution in [3.63, 3.8) is 0 Å². The van der Waals surface area contributed by atoms with Crippen LogP contribution in [0.25, 0.3) is 0 Å². The van der Waals surface area contributed by atoms with Crippen molar-refractivity contribution in [2.24, 2.45) is 5.92 Å². The smallest absolute Gasteiger partial charge is 0.0657 e. The third kappa shape index (κ3) is 3.09. The van der Waals surface area contributed by atoms with E-state index in [1.165, 1.54) is 0 Å². The number of rotatable bonds is 4.